The van der Waals surface area contributed by atoms with Gasteiger partial charge in [-0.1, -0.05) is 83.0 Å². The Kier molecular flexibility index (Phi) is 7.49. The Hall–Kier alpha value is -2.75. The monoisotopic (exact) mass is 438 g/mol. The Balaban J connectivity index is 2.85. The molecule has 0 aliphatic carbocycles. The topological polar surface area (TPSA) is 66.8 Å². The van der Waals surface area contributed by atoms with E-state index in [1.54, 1.807) is 13.0 Å². The molecular formula is C28H38O4. The van der Waals surface area contributed by atoms with Crippen LogP contribution in [-0.4, -0.2) is 22.8 Å². The van der Waals surface area contributed by atoms with Gasteiger partial charge in [-0.05, 0) is 42.7 Å². The minimum atomic E-state index is -0.526. The van der Waals surface area contributed by atoms with E-state index in [-0.39, 0.29) is 28.9 Å². The Morgan fingerprint density at radius 1 is 0.875 bits per heavy atom. The van der Waals surface area contributed by atoms with Gasteiger partial charge in [0.1, 0.15) is 11.5 Å². The fourth-order valence-electron chi connectivity index (χ4n) is 3.97. The Morgan fingerprint density at radius 2 is 1.28 bits per heavy atom. The number of aryl methyl sites for hydroxylation is 2. The minimum Gasteiger partial charge on any atom is -0.507 e. The molecule has 4 heteroatoms. The lowest BCUT2D eigenvalue weighted by Crippen LogP contribution is -2.15. The van der Waals surface area contributed by atoms with Crippen molar-refractivity contribution in [3.05, 3.63) is 69.8 Å². The van der Waals surface area contributed by atoms with E-state index in [0.29, 0.717) is 11.1 Å². The fraction of sp³-hybridized carbons (Fsp3) is 0.464. The lowest BCUT2D eigenvalue weighted by atomic mass is 9.78. The third kappa shape index (κ3) is 5.73. The van der Waals surface area contributed by atoms with Gasteiger partial charge in [0.25, 0.3) is 0 Å². The van der Waals surface area contributed by atoms with Gasteiger partial charge in [0.15, 0.2) is 0 Å². The molecule has 0 aromatic heterocycles. The number of ether oxygens (including phenoxy) is 1. The van der Waals surface area contributed by atoms with Gasteiger partial charge in [-0.2, -0.15) is 0 Å². The van der Waals surface area contributed by atoms with Crippen LogP contribution in [0.15, 0.2) is 36.4 Å². The summed E-state index contributed by atoms with van der Waals surface area (Å²) in [7, 11) is 0. The molecular weight excluding hydrogens is 400 g/mol. The van der Waals surface area contributed by atoms with E-state index in [1.807, 2.05) is 38.1 Å². The smallest absolute Gasteiger partial charge is 0.330 e. The van der Waals surface area contributed by atoms with E-state index in [1.165, 1.54) is 6.08 Å². The lowest BCUT2D eigenvalue weighted by molar-refractivity contribution is -0.137. The number of esters is 1. The summed E-state index contributed by atoms with van der Waals surface area (Å²) >= 11 is 0. The molecule has 174 valence electrons. The van der Waals surface area contributed by atoms with Crippen molar-refractivity contribution in [2.75, 3.05) is 6.61 Å². The number of carbonyl (C=O) groups is 1. The van der Waals surface area contributed by atoms with Crippen LogP contribution in [0.5, 0.6) is 11.5 Å². The standard InChI is InChI=1S/C28H38O4/c1-10-32-24(29)12-11-19(20-13-17(2)15-22(25(20)30)27(4,5)6)21-14-18(3)16-23(26(21)31)28(7,8)9/h11-16,19,30-31H,10H2,1-9H3. The summed E-state index contributed by atoms with van der Waals surface area (Å²) in [4.78, 5) is 12.1. The lowest BCUT2D eigenvalue weighted by Gasteiger charge is -2.28. The second-order valence-corrected chi connectivity index (χ2v) is 10.6. The molecule has 0 fully saturated rings. The molecule has 32 heavy (non-hydrogen) atoms. The zero-order chi connectivity index (χ0) is 24.4. The number of carbonyl (C=O) groups excluding carboxylic acids is 1. The maximum Gasteiger partial charge on any atom is 0.330 e. The van der Waals surface area contributed by atoms with Gasteiger partial charge in [0.05, 0.1) is 6.61 Å². The van der Waals surface area contributed by atoms with E-state index in [9.17, 15) is 15.0 Å². The molecule has 0 aliphatic heterocycles. The van der Waals surface area contributed by atoms with E-state index < -0.39 is 11.9 Å². The van der Waals surface area contributed by atoms with E-state index in [4.69, 9.17) is 4.74 Å². The Labute approximate surface area is 193 Å². The van der Waals surface area contributed by atoms with E-state index in [2.05, 4.69) is 41.5 Å². The minimum absolute atomic E-state index is 0.180. The zero-order valence-electron chi connectivity index (χ0n) is 21.0. The van der Waals surface area contributed by atoms with Crippen molar-refractivity contribution in [3.8, 4) is 11.5 Å². The molecule has 0 spiro atoms. The van der Waals surface area contributed by atoms with Gasteiger partial charge >= 0.3 is 5.97 Å². The summed E-state index contributed by atoms with van der Waals surface area (Å²) in [6, 6.07) is 7.82. The Morgan fingerprint density at radius 3 is 1.62 bits per heavy atom. The van der Waals surface area contributed by atoms with Gasteiger partial charge in [0.2, 0.25) is 0 Å². The van der Waals surface area contributed by atoms with Gasteiger partial charge in [-0.25, -0.2) is 4.79 Å². The fourth-order valence-corrected chi connectivity index (χ4v) is 3.97. The quantitative estimate of drug-likeness (QED) is 0.410. The molecule has 0 saturated heterocycles. The first-order valence-electron chi connectivity index (χ1n) is 11.2. The number of aromatic hydroxyl groups is 2. The summed E-state index contributed by atoms with van der Waals surface area (Å²) in [6.45, 7) is 18.3. The van der Waals surface area contributed by atoms with Crippen molar-refractivity contribution >= 4 is 5.97 Å². The average Bonchev–Trinajstić information content (AvgIpc) is 2.64. The highest BCUT2D eigenvalue weighted by Gasteiger charge is 2.28. The van der Waals surface area contributed by atoms with Crippen LogP contribution in [0.2, 0.25) is 0 Å². The predicted octanol–water partition coefficient (Wildman–Crippen LogP) is 6.56. The highest BCUT2D eigenvalue weighted by atomic mass is 16.5. The number of phenols is 2. The van der Waals surface area contributed by atoms with Gasteiger partial charge in [-0.15, -0.1) is 0 Å². The highest BCUT2D eigenvalue weighted by Crippen LogP contribution is 2.45. The van der Waals surface area contributed by atoms with Gasteiger partial charge < -0.3 is 14.9 Å². The van der Waals surface area contributed by atoms with E-state index in [0.717, 1.165) is 22.3 Å². The average molecular weight is 439 g/mol. The summed E-state index contributed by atoms with van der Waals surface area (Å²) < 4.78 is 5.08. The van der Waals surface area contributed by atoms with Crippen LogP contribution < -0.4 is 0 Å². The first kappa shape index (κ1) is 25.5. The van der Waals surface area contributed by atoms with Crippen molar-refractivity contribution in [1.29, 1.82) is 0 Å². The Bertz CT molecular complexity index is 948. The first-order valence-corrected chi connectivity index (χ1v) is 11.2. The van der Waals surface area contributed by atoms with Crippen LogP contribution in [0, 0.1) is 13.8 Å². The van der Waals surface area contributed by atoms with E-state index >= 15 is 0 Å². The normalized spacial score (nSPS) is 12.6. The number of allylic oxidation sites excluding steroid dienone is 1. The maximum atomic E-state index is 12.1. The number of phenolic OH excluding ortho intramolecular Hbond substituents is 2. The number of hydrogen-bond donors (Lipinski definition) is 2. The largest absolute Gasteiger partial charge is 0.507 e. The molecule has 2 aromatic carbocycles. The van der Waals surface area contributed by atoms with Crippen LogP contribution in [-0.2, 0) is 20.4 Å². The molecule has 0 atom stereocenters. The third-order valence-electron chi connectivity index (χ3n) is 5.56. The first-order chi connectivity index (χ1) is 14.7. The van der Waals surface area contributed by atoms with Crippen LogP contribution in [0.1, 0.15) is 87.8 Å². The van der Waals surface area contributed by atoms with Crippen LogP contribution in [0.3, 0.4) is 0 Å². The molecule has 2 rings (SSSR count). The van der Waals surface area contributed by atoms with Crippen molar-refractivity contribution in [3.63, 3.8) is 0 Å². The highest BCUT2D eigenvalue weighted by molar-refractivity contribution is 5.82. The van der Waals surface area contributed by atoms with Crippen molar-refractivity contribution < 1.29 is 19.7 Å². The second-order valence-electron chi connectivity index (χ2n) is 10.6. The van der Waals surface area contributed by atoms with Crippen LogP contribution in [0.4, 0.5) is 0 Å². The van der Waals surface area contributed by atoms with Gasteiger partial charge in [0, 0.05) is 23.1 Å². The molecule has 0 bridgehead atoms. The SMILES string of the molecule is CCOC(=O)C=CC(c1cc(C)cc(C(C)(C)C)c1O)c1cc(C)cc(C(C)(C)C)c1O. The molecule has 2 aromatic rings. The number of benzene rings is 2. The maximum absolute atomic E-state index is 12.1. The molecule has 0 radical (unpaired) electrons. The molecule has 0 unspecified atom stereocenters. The van der Waals surface area contributed by atoms with Gasteiger partial charge in [-0.3, -0.25) is 0 Å². The van der Waals surface area contributed by atoms with Crippen molar-refractivity contribution in [2.45, 2.75) is 79.1 Å². The summed E-state index contributed by atoms with van der Waals surface area (Å²) in [5, 5.41) is 22.6. The summed E-state index contributed by atoms with van der Waals surface area (Å²) in [5.74, 6) is -0.620. The van der Waals surface area contributed by atoms with Crippen molar-refractivity contribution in [2.24, 2.45) is 0 Å². The number of rotatable bonds is 5. The summed E-state index contributed by atoms with van der Waals surface area (Å²) in [5.41, 5.74) is 4.40. The predicted molar refractivity (Wildman–Crippen MR) is 131 cm³/mol. The molecule has 0 amide bonds. The van der Waals surface area contributed by atoms with Crippen molar-refractivity contribution in [1.82, 2.24) is 0 Å². The zero-order valence-corrected chi connectivity index (χ0v) is 21.0. The molecule has 2 N–H and O–H groups in total. The molecule has 0 aliphatic rings. The second kappa shape index (κ2) is 9.40. The molecule has 4 nitrogen and oxygen atoms in total. The number of hydrogen-bond acceptors (Lipinski definition) is 4. The van der Waals surface area contributed by atoms with Crippen LogP contribution in [0.25, 0.3) is 0 Å². The summed E-state index contributed by atoms with van der Waals surface area (Å²) in [6.07, 6.45) is 3.09. The molecule has 0 heterocycles. The molecule has 0 saturated carbocycles. The van der Waals surface area contributed by atoms with Crippen LogP contribution >= 0.6 is 0 Å². The third-order valence-corrected chi connectivity index (χ3v) is 5.56.